The number of hydrogen-bond acceptors (Lipinski definition) is 3. The fourth-order valence-corrected chi connectivity index (χ4v) is 2.86. The van der Waals surface area contributed by atoms with E-state index in [1.165, 1.54) is 12.1 Å². The largest absolute Gasteiger partial charge is 0.497 e. The smallest absolute Gasteiger partial charge is 0.276 e. The van der Waals surface area contributed by atoms with Crippen LogP contribution in [0, 0.1) is 5.82 Å². The van der Waals surface area contributed by atoms with Gasteiger partial charge in [0.25, 0.3) is 5.56 Å². The van der Waals surface area contributed by atoms with Crippen LogP contribution in [0.2, 0.25) is 0 Å². The van der Waals surface area contributed by atoms with E-state index in [-0.39, 0.29) is 11.4 Å². The lowest BCUT2D eigenvalue weighted by Crippen LogP contribution is -2.21. The van der Waals surface area contributed by atoms with Gasteiger partial charge in [-0.1, -0.05) is 24.3 Å². The van der Waals surface area contributed by atoms with Crippen molar-refractivity contribution < 1.29 is 9.13 Å². The van der Waals surface area contributed by atoms with Crippen molar-refractivity contribution in [1.29, 1.82) is 0 Å². The maximum atomic E-state index is 13.0. The van der Waals surface area contributed by atoms with E-state index in [0.29, 0.717) is 17.8 Å². The molecule has 4 aromatic rings. The summed E-state index contributed by atoms with van der Waals surface area (Å²) in [5.74, 6) is 0.434. The Hall–Kier alpha value is -3.41. The molecular formula is C20H16FN3O2. The highest BCUT2D eigenvalue weighted by atomic mass is 19.1. The lowest BCUT2D eigenvalue weighted by molar-refractivity contribution is 0.415. The first-order chi connectivity index (χ1) is 12.6. The second-order valence-corrected chi connectivity index (χ2v) is 5.95. The van der Waals surface area contributed by atoms with Crippen molar-refractivity contribution in [2.45, 2.75) is 6.54 Å². The number of halogens is 1. The molecule has 26 heavy (non-hydrogen) atoms. The van der Waals surface area contributed by atoms with Gasteiger partial charge in [-0.2, -0.15) is 5.10 Å². The van der Waals surface area contributed by atoms with Crippen LogP contribution >= 0.6 is 0 Å². The number of rotatable bonds is 4. The second-order valence-electron chi connectivity index (χ2n) is 5.95. The molecule has 0 unspecified atom stereocenters. The molecule has 130 valence electrons. The van der Waals surface area contributed by atoms with Gasteiger partial charge in [-0.25, -0.2) is 8.91 Å². The number of hydrogen-bond donors (Lipinski definition) is 0. The molecule has 0 amide bonds. The summed E-state index contributed by atoms with van der Waals surface area (Å²) in [7, 11) is 1.61. The molecule has 4 rings (SSSR count). The molecule has 0 atom stereocenters. The summed E-state index contributed by atoms with van der Waals surface area (Å²) in [5.41, 5.74) is 2.74. The second kappa shape index (κ2) is 6.48. The van der Waals surface area contributed by atoms with E-state index in [1.54, 1.807) is 46.8 Å². The minimum absolute atomic E-state index is 0.154. The molecule has 0 aliphatic carbocycles. The first-order valence-electron chi connectivity index (χ1n) is 8.12. The topological polar surface area (TPSA) is 48.5 Å². The molecule has 0 bridgehead atoms. The monoisotopic (exact) mass is 349 g/mol. The molecule has 0 radical (unpaired) electrons. The summed E-state index contributed by atoms with van der Waals surface area (Å²) in [6, 6.07) is 15.4. The average Bonchev–Trinajstić information content (AvgIpc) is 3.11. The Balaban J connectivity index is 1.73. The molecule has 0 aliphatic rings. The molecular weight excluding hydrogens is 333 g/mol. The normalized spacial score (nSPS) is 11.0. The summed E-state index contributed by atoms with van der Waals surface area (Å²) < 4.78 is 21.4. The first-order valence-corrected chi connectivity index (χ1v) is 8.12. The lowest BCUT2D eigenvalue weighted by atomic mass is 10.1. The molecule has 0 spiro atoms. The van der Waals surface area contributed by atoms with Crippen LogP contribution in [0.15, 0.2) is 71.8 Å². The van der Waals surface area contributed by atoms with Gasteiger partial charge in [-0.15, -0.1) is 0 Å². The van der Waals surface area contributed by atoms with E-state index in [2.05, 4.69) is 5.10 Å². The Morgan fingerprint density at radius 2 is 1.88 bits per heavy atom. The van der Waals surface area contributed by atoms with Gasteiger partial charge >= 0.3 is 0 Å². The molecule has 2 heterocycles. The number of nitrogens with zero attached hydrogens (tertiary/aromatic N) is 3. The maximum absolute atomic E-state index is 13.0. The van der Waals surface area contributed by atoms with Crippen molar-refractivity contribution in [3.8, 4) is 17.0 Å². The van der Waals surface area contributed by atoms with Crippen molar-refractivity contribution in [2.75, 3.05) is 7.11 Å². The Labute approximate surface area is 148 Å². The van der Waals surface area contributed by atoms with Crippen LogP contribution in [-0.2, 0) is 6.54 Å². The minimum atomic E-state index is -0.296. The van der Waals surface area contributed by atoms with Crippen LogP contribution in [-0.4, -0.2) is 21.3 Å². The predicted octanol–water partition coefficient (Wildman–Crippen LogP) is 3.36. The quantitative estimate of drug-likeness (QED) is 0.568. The molecule has 5 nitrogen and oxygen atoms in total. The highest BCUT2D eigenvalue weighted by molar-refractivity contribution is 5.66. The first kappa shape index (κ1) is 16.1. The third-order valence-corrected chi connectivity index (χ3v) is 4.24. The zero-order valence-corrected chi connectivity index (χ0v) is 14.1. The van der Waals surface area contributed by atoms with Gasteiger partial charge in [-0.3, -0.25) is 4.79 Å². The summed E-state index contributed by atoms with van der Waals surface area (Å²) in [6.07, 6.45) is 3.42. The average molecular weight is 349 g/mol. The summed E-state index contributed by atoms with van der Waals surface area (Å²) >= 11 is 0. The van der Waals surface area contributed by atoms with Crippen LogP contribution < -0.4 is 10.3 Å². The fourth-order valence-electron chi connectivity index (χ4n) is 2.86. The van der Waals surface area contributed by atoms with Crippen molar-refractivity contribution >= 4 is 5.52 Å². The lowest BCUT2D eigenvalue weighted by Gasteiger charge is -2.06. The predicted molar refractivity (Wildman–Crippen MR) is 96.9 cm³/mol. The Morgan fingerprint density at radius 1 is 1.08 bits per heavy atom. The number of methoxy groups -OCH3 is 1. The van der Waals surface area contributed by atoms with E-state index >= 15 is 0 Å². The van der Waals surface area contributed by atoms with E-state index in [4.69, 9.17) is 4.74 Å². The van der Waals surface area contributed by atoms with Crippen LogP contribution in [0.5, 0.6) is 5.75 Å². The molecule has 0 aliphatic heterocycles. The van der Waals surface area contributed by atoms with Crippen LogP contribution in [0.1, 0.15) is 5.56 Å². The van der Waals surface area contributed by atoms with E-state index in [1.807, 2.05) is 24.3 Å². The standard InChI is InChI=1S/C20H16FN3O2/c1-26-17-4-2-3-15(11-17)18-12-19-20(25)23(9-10-24(19)22-18)13-14-5-7-16(21)8-6-14/h2-12H,13H2,1H3. The summed E-state index contributed by atoms with van der Waals surface area (Å²) in [4.78, 5) is 12.8. The van der Waals surface area contributed by atoms with Crippen LogP contribution in [0.4, 0.5) is 4.39 Å². The zero-order chi connectivity index (χ0) is 18.1. The van der Waals surface area contributed by atoms with E-state index in [0.717, 1.165) is 16.9 Å². The molecule has 0 N–H and O–H groups in total. The van der Waals surface area contributed by atoms with Gasteiger partial charge < -0.3 is 9.30 Å². The molecule has 0 saturated carbocycles. The molecule has 2 aromatic heterocycles. The number of aromatic nitrogens is 3. The molecule has 0 saturated heterocycles. The van der Waals surface area contributed by atoms with Crippen LogP contribution in [0.25, 0.3) is 16.8 Å². The van der Waals surface area contributed by atoms with Gasteiger partial charge in [0.15, 0.2) is 0 Å². The maximum Gasteiger partial charge on any atom is 0.276 e. The third kappa shape index (κ3) is 2.97. The van der Waals surface area contributed by atoms with Gasteiger partial charge in [0.1, 0.15) is 17.1 Å². The molecule has 0 fully saturated rings. The Bertz CT molecular complexity index is 1130. The SMILES string of the molecule is COc1cccc(-c2cc3c(=O)n(Cc4ccc(F)cc4)ccn3n2)c1. The van der Waals surface area contributed by atoms with Gasteiger partial charge in [0.2, 0.25) is 0 Å². The van der Waals surface area contributed by atoms with Crippen molar-refractivity contribution in [3.63, 3.8) is 0 Å². The zero-order valence-electron chi connectivity index (χ0n) is 14.1. The minimum Gasteiger partial charge on any atom is -0.497 e. The van der Waals surface area contributed by atoms with Crippen molar-refractivity contribution in [1.82, 2.24) is 14.2 Å². The van der Waals surface area contributed by atoms with Crippen molar-refractivity contribution in [3.05, 3.63) is 88.7 Å². The van der Waals surface area contributed by atoms with Gasteiger partial charge in [0, 0.05) is 18.0 Å². The third-order valence-electron chi connectivity index (χ3n) is 4.24. The van der Waals surface area contributed by atoms with E-state index in [9.17, 15) is 9.18 Å². The number of benzene rings is 2. The summed E-state index contributed by atoms with van der Waals surface area (Å²) in [5, 5.41) is 4.48. The van der Waals surface area contributed by atoms with Gasteiger partial charge in [-0.05, 0) is 35.9 Å². The Morgan fingerprint density at radius 3 is 2.65 bits per heavy atom. The summed E-state index contributed by atoms with van der Waals surface area (Å²) in [6.45, 7) is 0.370. The van der Waals surface area contributed by atoms with Gasteiger partial charge in [0.05, 0.1) is 19.3 Å². The molecule has 2 aromatic carbocycles. The fraction of sp³-hybridized carbons (Fsp3) is 0.100. The highest BCUT2D eigenvalue weighted by Crippen LogP contribution is 2.23. The van der Waals surface area contributed by atoms with Crippen molar-refractivity contribution in [2.24, 2.45) is 0 Å². The number of ether oxygens (including phenoxy) is 1. The van der Waals surface area contributed by atoms with Crippen LogP contribution in [0.3, 0.4) is 0 Å². The number of fused-ring (bicyclic) bond motifs is 1. The highest BCUT2D eigenvalue weighted by Gasteiger charge is 2.10. The van der Waals surface area contributed by atoms with E-state index < -0.39 is 0 Å². The Kier molecular flexibility index (Phi) is 4.01. The molecule has 6 heteroatoms.